The van der Waals surface area contributed by atoms with Crippen LogP contribution in [0.4, 0.5) is 0 Å². The molecule has 1 aliphatic carbocycles. The Labute approximate surface area is 143 Å². The molecule has 0 N–H and O–H groups in total. The van der Waals surface area contributed by atoms with Crippen LogP contribution in [0.2, 0.25) is 0 Å². The van der Waals surface area contributed by atoms with E-state index in [1.54, 1.807) is 0 Å². The van der Waals surface area contributed by atoms with E-state index in [1.807, 2.05) is 19.1 Å². The highest BCUT2D eigenvalue weighted by Gasteiger charge is 2.26. The Hall–Kier alpha value is -1.88. The molecule has 1 saturated carbocycles. The standard InChI is InChI=1S/C19H27N3O2/c1-4-24-19(23)13-17-16-7-5-6-8-18(16)22(20-17)15-11-9-14(10-12-15)21(2)3/h5-8,14-15H,4,9-13H2,1-3H3/t14-,15+. The molecule has 1 heterocycles. The molecule has 0 radical (unpaired) electrons. The number of aromatic nitrogens is 2. The predicted molar refractivity (Wildman–Crippen MR) is 95.1 cm³/mol. The van der Waals surface area contributed by atoms with Gasteiger partial charge in [0.05, 0.1) is 30.3 Å². The first-order chi connectivity index (χ1) is 11.6. The lowest BCUT2D eigenvalue weighted by molar-refractivity contribution is -0.142. The van der Waals surface area contributed by atoms with Crippen LogP contribution in [0.3, 0.4) is 0 Å². The quantitative estimate of drug-likeness (QED) is 0.791. The molecule has 0 saturated heterocycles. The lowest BCUT2D eigenvalue weighted by atomic mass is 9.90. The first-order valence-electron chi connectivity index (χ1n) is 8.88. The molecule has 0 aliphatic heterocycles. The maximum atomic E-state index is 11.9. The van der Waals surface area contributed by atoms with Crippen LogP contribution in [0.5, 0.6) is 0 Å². The molecule has 0 atom stereocenters. The second-order valence-corrected chi connectivity index (χ2v) is 6.82. The number of benzene rings is 1. The molecule has 0 spiro atoms. The van der Waals surface area contributed by atoms with Crippen LogP contribution in [-0.4, -0.2) is 47.4 Å². The van der Waals surface area contributed by atoms with Crippen molar-refractivity contribution in [2.75, 3.05) is 20.7 Å². The summed E-state index contributed by atoms with van der Waals surface area (Å²) in [5.74, 6) is -0.204. The zero-order chi connectivity index (χ0) is 17.1. The molecule has 130 valence electrons. The van der Waals surface area contributed by atoms with E-state index in [0.29, 0.717) is 18.7 Å². The van der Waals surface area contributed by atoms with Gasteiger partial charge in [0.25, 0.3) is 0 Å². The Morgan fingerprint density at radius 3 is 2.62 bits per heavy atom. The van der Waals surface area contributed by atoms with Gasteiger partial charge in [-0.2, -0.15) is 5.10 Å². The van der Waals surface area contributed by atoms with Crippen LogP contribution in [0.15, 0.2) is 24.3 Å². The zero-order valence-electron chi connectivity index (χ0n) is 14.9. The Balaban J connectivity index is 1.85. The zero-order valence-corrected chi connectivity index (χ0v) is 14.9. The maximum Gasteiger partial charge on any atom is 0.311 e. The van der Waals surface area contributed by atoms with E-state index < -0.39 is 0 Å². The second kappa shape index (κ2) is 7.34. The van der Waals surface area contributed by atoms with E-state index in [0.717, 1.165) is 29.4 Å². The van der Waals surface area contributed by atoms with Gasteiger partial charge < -0.3 is 9.64 Å². The number of hydrogen-bond donors (Lipinski definition) is 0. The summed E-state index contributed by atoms with van der Waals surface area (Å²) in [5.41, 5.74) is 1.96. The molecule has 1 aromatic carbocycles. The molecular formula is C19H27N3O2. The van der Waals surface area contributed by atoms with E-state index in [4.69, 9.17) is 9.84 Å². The van der Waals surface area contributed by atoms with Crippen molar-refractivity contribution in [2.24, 2.45) is 0 Å². The van der Waals surface area contributed by atoms with Gasteiger partial charge in [-0.15, -0.1) is 0 Å². The summed E-state index contributed by atoms with van der Waals surface area (Å²) in [5, 5.41) is 5.88. The van der Waals surface area contributed by atoms with Crippen molar-refractivity contribution >= 4 is 16.9 Å². The van der Waals surface area contributed by atoms with E-state index in [9.17, 15) is 4.79 Å². The Morgan fingerprint density at radius 2 is 1.96 bits per heavy atom. The van der Waals surface area contributed by atoms with Gasteiger partial charge in [0.2, 0.25) is 0 Å². The van der Waals surface area contributed by atoms with Crippen molar-refractivity contribution in [3.05, 3.63) is 30.0 Å². The average Bonchev–Trinajstić information content (AvgIpc) is 2.94. The van der Waals surface area contributed by atoms with Crippen LogP contribution < -0.4 is 0 Å². The molecule has 5 nitrogen and oxygen atoms in total. The largest absolute Gasteiger partial charge is 0.466 e. The molecule has 0 bridgehead atoms. The molecule has 0 unspecified atom stereocenters. The minimum atomic E-state index is -0.204. The predicted octanol–water partition coefficient (Wildman–Crippen LogP) is 3.19. The van der Waals surface area contributed by atoms with E-state index >= 15 is 0 Å². The van der Waals surface area contributed by atoms with Gasteiger partial charge in [-0.3, -0.25) is 9.48 Å². The minimum absolute atomic E-state index is 0.204. The molecule has 1 fully saturated rings. The molecule has 2 aromatic rings. The van der Waals surface area contributed by atoms with Crippen molar-refractivity contribution in [1.82, 2.24) is 14.7 Å². The van der Waals surface area contributed by atoms with Gasteiger partial charge in [0.1, 0.15) is 0 Å². The summed E-state index contributed by atoms with van der Waals surface area (Å²) in [6.45, 7) is 2.24. The Morgan fingerprint density at radius 1 is 1.25 bits per heavy atom. The van der Waals surface area contributed by atoms with Gasteiger partial charge in [-0.05, 0) is 52.8 Å². The van der Waals surface area contributed by atoms with Gasteiger partial charge in [0.15, 0.2) is 0 Å². The summed E-state index contributed by atoms with van der Waals surface area (Å²) in [6.07, 6.45) is 4.90. The lowest BCUT2D eigenvalue weighted by Crippen LogP contribution is -2.33. The maximum absolute atomic E-state index is 11.9. The van der Waals surface area contributed by atoms with E-state index in [-0.39, 0.29) is 12.4 Å². The third-order valence-electron chi connectivity index (χ3n) is 5.05. The normalized spacial score (nSPS) is 21.3. The smallest absolute Gasteiger partial charge is 0.311 e. The van der Waals surface area contributed by atoms with Crippen molar-refractivity contribution in [3.8, 4) is 0 Å². The first-order valence-corrected chi connectivity index (χ1v) is 8.88. The van der Waals surface area contributed by atoms with Gasteiger partial charge in [-0.25, -0.2) is 0 Å². The summed E-state index contributed by atoms with van der Waals surface area (Å²) in [4.78, 5) is 14.2. The van der Waals surface area contributed by atoms with Crippen molar-refractivity contribution < 1.29 is 9.53 Å². The third-order valence-corrected chi connectivity index (χ3v) is 5.05. The number of para-hydroxylation sites is 1. The van der Waals surface area contributed by atoms with Crippen molar-refractivity contribution in [1.29, 1.82) is 0 Å². The fraction of sp³-hybridized carbons (Fsp3) is 0.579. The first kappa shape index (κ1) is 17.0. The summed E-state index contributed by atoms with van der Waals surface area (Å²) < 4.78 is 7.24. The van der Waals surface area contributed by atoms with Gasteiger partial charge in [-0.1, -0.05) is 18.2 Å². The van der Waals surface area contributed by atoms with Crippen LogP contribution >= 0.6 is 0 Å². The number of nitrogens with zero attached hydrogens (tertiary/aromatic N) is 3. The average molecular weight is 329 g/mol. The number of carbonyl (C=O) groups is 1. The highest BCUT2D eigenvalue weighted by molar-refractivity contribution is 5.86. The van der Waals surface area contributed by atoms with Crippen LogP contribution in [-0.2, 0) is 16.0 Å². The lowest BCUT2D eigenvalue weighted by Gasteiger charge is -2.33. The fourth-order valence-electron chi connectivity index (χ4n) is 3.73. The van der Waals surface area contributed by atoms with Crippen molar-refractivity contribution in [3.63, 3.8) is 0 Å². The highest BCUT2D eigenvalue weighted by Crippen LogP contribution is 2.33. The van der Waals surface area contributed by atoms with E-state index in [2.05, 4.69) is 35.8 Å². The molecule has 5 heteroatoms. The fourth-order valence-corrected chi connectivity index (χ4v) is 3.73. The SMILES string of the molecule is CCOC(=O)Cc1nn([C@H]2CC[C@@H](N(C)C)CC2)c2ccccc12. The number of carbonyl (C=O) groups excluding carboxylic acids is 1. The van der Waals surface area contributed by atoms with Crippen LogP contribution in [0.1, 0.15) is 44.3 Å². The summed E-state index contributed by atoms with van der Waals surface area (Å²) in [7, 11) is 4.32. The van der Waals surface area contributed by atoms with Crippen molar-refractivity contribution in [2.45, 2.75) is 51.1 Å². The number of rotatable bonds is 5. The summed E-state index contributed by atoms with van der Waals surface area (Å²) >= 11 is 0. The Kier molecular flexibility index (Phi) is 5.19. The van der Waals surface area contributed by atoms with Crippen LogP contribution in [0.25, 0.3) is 10.9 Å². The van der Waals surface area contributed by atoms with Gasteiger partial charge in [0, 0.05) is 11.4 Å². The Bertz CT molecular complexity index is 700. The minimum Gasteiger partial charge on any atom is -0.466 e. The summed E-state index contributed by atoms with van der Waals surface area (Å²) in [6, 6.07) is 9.30. The molecule has 0 amide bonds. The number of hydrogen-bond acceptors (Lipinski definition) is 4. The number of esters is 1. The monoisotopic (exact) mass is 329 g/mol. The second-order valence-electron chi connectivity index (χ2n) is 6.82. The molecule has 3 rings (SSSR count). The van der Waals surface area contributed by atoms with E-state index in [1.165, 1.54) is 12.8 Å². The van der Waals surface area contributed by atoms with Crippen LogP contribution in [0, 0.1) is 0 Å². The number of ether oxygens (including phenoxy) is 1. The van der Waals surface area contributed by atoms with Gasteiger partial charge >= 0.3 is 5.97 Å². The molecule has 1 aliphatic rings. The topological polar surface area (TPSA) is 47.4 Å². The third kappa shape index (κ3) is 3.46. The molecule has 24 heavy (non-hydrogen) atoms. The number of fused-ring (bicyclic) bond motifs is 1. The molecular weight excluding hydrogens is 302 g/mol. The molecule has 1 aromatic heterocycles. The highest BCUT2D eigenvalue weighted by atomic mass is 16.5.